The summed E-state index contributed by atoms with van der Waals surface area (Å²) in [4.78, 5) is 12.3. The third-order valence-corrected chi connectivity index (χ3v) is 1.42. The molecule has 0 fully saturated rings. The molecule has 3 nitrogen and oxygen atoms in total. The smallest absolute Gasteiger partial charge is 0.164 e. The molecule has 1 aliphatic rings. The summed E-state index contributed by atoms with van der Waals surface area (Å²) in [6, 6.07) is 0. The second-order valence-electron chi connectivity index (χ2n) is 1.90. The van der Waals surface area contributed by atoms with Gasteiger partial charge in [0, 0.05) is 11.4 Å². The lowest BCUT2D eigenvalue weighted by atomic mass is 10.4. The van der Waals surface area contributed by atoms with E-state index < -0.39 is 0 Å². The Morgan fingerprint density at radius 3 is 3.10 bits per heavy atom. The van der Waals surface area contributed by atoms with Gasteiger partial charge in [-0.25, -0.2) is 15.0 Å². The van der Waals surface area contributed by atoms with Crippen molar-refractivity contribution >= 4 is 23.3 Å². The van der Waals surface area contributed by atoms with Crippen LogP contribution in [-0.4, -0.2) is 15.0 Å². The molecule has 1 aromatic rings. The van der Waals surface area contributed by atoms with Crippen LogP contribution in [0.15, 0.2) is 17.5 Å². The molecule has 0 atom stereocenters. The highest BCUT2D eigenvalue weighted by atomic mass is 32.1. The van der Waals surface area contributed by atoms with E-state index in [4.69, 9.17) is 12.2 Å². The number of thiocarbonyl (C=S) groups is 1. The predicted octanol–water partition coefficient (Wildman–Crippen LogP) is -0.782. The molecule has 0 spiro atoms. The van der Waals surface area contributed by atoms with Crippen molar-refractivity contribution in [3.05, 3.63) is 23.2 Å². The van der Waals surface area contributed by atoms with E-state index in [0.29, 0.717) is 10.5 Å². The number of hydrogen-bond donors (Lipinski definition) is 0. The summed E-state index contributed by atoms with van der Waals surface area (Å²) >= 11 is 4.83. The van der Waals surface area contributed by atoms with E-state index in [1.54, 1.807) is 12.3 Å². The van der Waals surface area contributed by atoms with Gasteiger partial charge in [-0.1, -0.05) is 12.2 Å². The van der Waals surface area contributed by atoms with Crippen molar-refractivity contribution in [2.24, 2.45) is 4.99 Å². The van der Waals surface area contributed by atoms with Crippen molar-refractivity contribution in [2.75, 3.05) is 0 Å². The summed E-state index contributed by atoms with van der Waals surface area (Å²) in [6.07, 6.45) is 4.94. The molecule has 0 radical (unpaired) electrons. The van der Waals surface area contributed by atoms with Crippen LogP contribution in [0.4, 0.5) is 0 Å². The lowest BCUT2D eigenvalue weighted by Crippen LogP contribution is -2.24. The fraction of sp³-hybridized carbons (Fsp3) is 0. The second-order valence-corrected chi connectivity index (χ2v) is 2.31. The number of hydrogen-bond acceptors (Lipinski definition) is 3. The summed E-state index contributed by atoms with van der Waals surface area (Å²) in [7, 11) is 0. The van der Waals surface area contributed by atoms with Gasteiger partial charge in [0.2, 0.25) is 0 Å². The van der Waals surface area contributed by atoms with Crippen LogP contribution in [0.5, 0.6) is 0 Å². The summed E-state index contributed by atoms with van der Waals surface area (Å²) in [6.45, 7) is 0. The van der Waals surface area contributed by atoms with E-state index in [9.17, 15) is 0 Å². The SMILES string of the molecule is S=C1C=c2cncnc2=N1. The minimum Gasteiger partial charge on any atom is -0.244 e. The Balaban J connectivity index is 2.96. The molecule has 1 aromatic heterocycles. The molecule has 4 heteroatoms. The Morgan fingerprint density at radius 1 is 1.40 bits per heavy atom. The highest BCUT2D eigenvalue weighted by Crippen LogP contribution is 1.82. The number of fused-ring (bicyclic) bond motifs is 1. The Kier molecular flexibility index (Phi) is 1.07. The largest absolute Gasteiger partial charge is 0.244 e. The molecule has 0 N–H and O–H groups in total. The molecule has 0 amide bonds. The van der Waals surface area contributed by atoms with Gasteiger partial charge < -0.3 is 0 Å². The molecule has 1 aliphatic heterocycles. The van der Waals surface area contributed by atoms with Crippen LogP contribution < -0.4 is 10.7 Å². The molecule has 0 saturated heterocycles. The fourth-order valence-corrected chi connectivity index (χ4v) is 1.01. The normalized spacial score (nSPS) is 13.8. The zero-order valence-corrected chi connectivity index (χ0v) is 5.80. The molecule has 0 aliphatic carbocycles. The van der Waals surface area contributed by atoms with Gasteiger partial charge in [-0.05, 0) is 6.08 Å². The van der Waals surface area contributed by atoms with Crippen LogP contribution in [-0.2, 0) is 0 Å². The topological polar surface area (TPSA) is 38.1 Å². The molecule has 2 heterocycles. The standard InChI is InChI=1S/C6H3N3S/c10-5-1-4-2-7-3-8-6(4)9-5/h1-3H. The molecular weight excluding hydrogens is 146 g/mol. The Bertz CT molecular complexity index is 359. The van der Waals surface area contributed by atoms with Gasteiger partial charge in [0.05, 0.1) is 0 Å². The lowest BCUT2D eigenvalue weighted by molar-refractivity contribution is 1.07. The summed E-state index contributed by atoms with van der Waals surface area (Å²) < 4.78 is 0. The Morgan fingerprint density at radius 2 is 2.30 bits per heavy atom. The maximum atomic E-state index is 4.83. The van der Waals surface area contributed by atoms with Gasteiger partial charge in [-0.15, -0.1) is 0 Å². The van der Waals surface area contributed by atoms with Crippen LogP contribution in [0, 0.1) is 0 Å². The van der Waals surface area contributed by atoms with E-state index in [0.717, 1.165) is 5.22 Å². The predicted molar refractivity (Wildman–Crippen MR) is 39.9 cm³/mol. The number of rotatable bonds is 0. The minimum absolute atomic E-state index is 0.579. The van der Waals surface area contributed by atoms with E-state index >= 15 is 0 Å². The van der Waals surface area contributed by atoms with Crippen molar-refractivity contribution in [1.29, 1.82) is 0 Å². The van der Waals surface area contributed by atoms with Crippen LogP contribution >= 0.6 is 12.2 Å². The first-order valence-corrected chi connectivity index (χ1v) is 3.17. The second kappa shape index (κ2) is 1.91. The van der Waals surface area contributed by atoms with Crippen LogP contribution in [0.25, 0.3) is 6.08 Å². The maximum Gasteiger partial charge on any atom is 0.164 e. The van der Waals surface area contributed by atoms with Gasteiger partial charge in [0.25, 0.3) is 0 Å². The van der Waals surface area contributed by atoms with Crippen LogP contribution in [0.3, 0.4) is 0 Å². The molecule has 0 saturated carbocycles. The van der Waals surface area contributed by atoms with E-state index in [-0.39, 0.29) is 0 Å². The number of nitrogens with zero attached hydrogens (tertiary/aromatic N) is 3. The molecule has 0 aromatic carbocycles. The van der Waals surface area contributed by atoms with Gasteiger partial charge >= 0.3 is 0 Å². The summed E-state index contributed by atoms with van der Waals surface area (Å²) in [5, 5.41) is 0.910. The van der Waals surface area contributed by atoms with Crippen molar-refractivity contribution in [1.82, 2.24) is 9.97 Å². The first kappa shape index (κ1) is 5.61. The molecule has 0 unspecified atom stereocenters. The van der Waals surface area contributed by atoms with Crippen molar-refractivity contribution in [3.63, 3.8) is 0 Å². The summed E-state index contributed by atoms with van der Waals surface area (Å²) in [5.41, 5.74) is 0.681. The van der Waals surface area contributed by atoms with E-state index in [2.05, 4.69) is 15.0 Å². The van der Waals surface area contributed by atoms with Gasteiger partial charge in [0.15, 0.2) is 5.49 Å². The monoisotopic (exact) mass is 149 g/mol. The van der Waals surface area contributed by atoms with E-state index in [1.807, 2.05) is 0 Å². The first-order valence-electron chi connectivity index (χ1n) is 2.77. The number of aromatic nitrogens is 2. The minimum atomic E-state index is 0.579. The average molecular weight is 149 g/mol. The van der Waals surface area contributed by atoms with Crippen molar-refractivity contribution < 1.29 is 0 Å². The van der Waals surface area contributed by atoms with Gasteiger partial charge in [-0.2, -0.15) is 0 Å². The quantitative estimate of drug-likeness (QED) is 0.454. The van der Waals surface area contributed by atoms with E-state index in [1.165, 1.54) is 6.33 Å². The lowest BCUT2D eigenvalue weighted by Gasteiger charge is -1.76. The third kappa shape index (κ3) is 0.733. The zero-order valence-electron chi connectivity index (χ0n) is 4.98. The Labute approximate surface area is 62.2 Å². The van der Waals surface area contributed by atoms with Crippen LogP contribution in [0.2, 0.25) is 0 Å². The Hall–Kier alpha value is -1.16. The average Bonchev–Trinajstić information content (AvgIpc) is 2.27. The van der Waals surface area contributed by atoms with Crippen molar-refractivity contribution in [3.8, 4) is 0 Å². The third-order valence-electron chi connectivity index (χ3n) is 1.21. The molecule has 48 valence electrons. The van der Waals surface area contributed by atoms with Crippen molar-refractivity contribution in [2.45, 2.75) is 0 Å². The first-order chi connectivity index (χ1) is 4.86. The van der Waals surface area contributed by atoms with Gasteiger partial charge in [-0.3, -0.25) is 0 Å². The van der Waals surface area contributed by atoms with Crippen LogP contribution in [0.1, 0.15) is 0 Å². The summed E-state index contributed by atoms with van der Waals surface area (Å²) in [5.74, 6) is 0. The highest BCUT2D eigenvalue weighted by molar-refractivity contribution is 7.81. The molecular formula is C6H3N3S. The zero-order chi connectivity index (χ0) is 6.97. The maximum absolute atomic E-state index is 4.83. The molecule has 10 heavy (non-hydrogen) atoms. The highest BCUT2D eigenvalue weighted by Gasteiger charge is 1.97. The molecule has 0 bridgehead atoms. The van der Waals surface area contributed by atoms with Gasteiger partial charge in [0.1, 0.15) is 11.3 Å². The molecule has 2 rings (SSSR count). The fourth-order valence-electron chi connectivity index (χ4n) is 0.799.